The summed E-state index contributed by atoms with van der Waals surface area (Å²) in [5.41, 5.74) is 0.760. The van der Waals surface area contributed by atoms with E-state index in [-0.39, 0.29) is 24.9 Å². The van der Waals surface area contributed by atoms with Gasteiger partial charge in [0.1, 0.15) is 0 Å². The van der Waals surface area contributed by atoms with Gasteiger partial charge >= 0.3 is 0 Å². The van der Waals surface area contributed by atoms with Crippen LogP contribution in [0.1, 0.15) is 0 Å². The number of likely N-dealkylation sites (N-methyl/N-ethyl adjacent to an activating group) is 2. The van der Waals surface area contributed by atoms with Gasteiger partial charge in [0.15, 0.2) is 0 Å². The number of carbonyl (C=O) groups excluding carboxylic acids is 2. The van der Waals surface area contributed by atoms with Gasteiger partial charge in [-0.25, -0.2) is 0 Å². The predicted octanol–water partition coefficient (Wildman–Crippen LogP) is 1.80. The number of rotatable bonds is 5. The van der Waals surface area contributed by atoms with E-state index < -0.39 is 0 Å². The highest BCUT2D eigenvalue weighted by Gasteiger charge is 2.12. The third-order valence-corrected chi connectivity index (χ3v) is 3.35. The minimum atomic E-state index is -0.135. The first-order chi connectivity index (χ1) is 10.5. The van der Waals surface area contributed by atoms with Gasteiger partial charge in [-0.3, -0.25) is 14.5 Å². The molecule has 2 amide bonds. The highest BCUT2D eigenvalue weighted by atomic mass is 16.2. The number of amides is 2. The van der Waals surface area contributed by atoms with Crippen molar-refractivity contribution in [1.82, 2.24) is 9.80 Å². The maximum absolute atomic E-state index is 12.0. The van der Waals surface area contributed by atoms with Crippen molar-refractivity contribution in [3.05, 3.63) is 42.5 Å². The fraction of sp³-hybridized carbons (Fsp3) is 0.294. The van der Waals surface area contributed by atoms with Crippen molar-refractivity contribution in [3.63, 3.8) is 0 Å². The van der Waals surface area contributed by atoms with E-state index in [0.717, 1.165) is 16.5 Å². The first-order valence-electron chi connectivity index (χ1n) is 7.13. The molecule has 0 aliphatic heterocycles. The summed E-state index contributed by atoms with van der Waals surface area (Å²) in [6.07, 6.45) is 0. The number of fused-ring (bicyclic) bond motifs is 1. The lowest BCUT2D eigenvalue weighted by Gasteiger charge is -2.18. The molecule has 0 aromatic heterocycles. The zero-order valence-electron chi connectivity index (χ0n) is 13.2. The Hall–Kier alpha value is -2.40. The molecule has 2 rings (SSSR count). The van der Waals surface area contributed by atoms with E-state index in [0.29, 0.717) is 0 Å². The quantitative estimate of drug-likeness (QED) is 0.916. The molecule has 116 valence electrons. The molecule has 5 heteroatoms. The minimum absolute atomic E-state index is 0.0268. The molecule has 0 saturated carbocycles. The summed E-state index contributed by atoms with van der Waals surface area (Å²) in [4.78, 5) is 26.8. The molecule has 0 aliphatic rings. The van der Waals surface area contributed by atoms with Crippen LogP contribution in [-0.2, 0) is 9.59 Å². The molecule has 1 N–H and O–H groups in total. The van der Waals surface area contributed by atoms with Gasteiger partial charge in [-0.15, -0.1) is 0 Å². The number of hydrogen-bond acceptors (Lipinski definition) is 3. The maximum atomic E-state index is 12.0. The van der Waals surface area contributed by atoms with Crippen LogP contribution in [0.5, 0.6) is 0 Å². The van der Waals surface area contributed by atoms with Crippen molar-refractivity contribution in [3.8, 4) is 0 Å². The third-order valence-electron chi connectivity index (χ3n) is 3.35. The van der Waals surface area contributed by atoms with Crippen molar-refractivity contribution in [2.45, 2.75) is 0 Å². The second kappa shape index (κ2) is 7.04. The Bertz CT molecular complexity index is 682. The normalized spacial score (nSPS) is 10.7. The van der Waals surface area contributed by atoms with Crippen LogP contribution in [0.25, 0.3) is 10.8 Å². The standard InChI is InChI=1S/C17H21N3O2/c1-19(2)17(22)12-20(3)11-16(21)18-15-9-8-13-6-4-5-7-14(13)10-15/h4-10H,11-12H2,1-3H3,(H,18,21). The van der Waals surface area contributed by atoms with Crippen molar-refractivity contribution >= 4 is 28.3 Å². The molecule has 0 heterocycles. The van der Waals surface area contributed by atoms with Crippen molar-refractivity contribution in [1.29, 1.82) is 0 Å². The lowest BCUT2D eigenvalue weighted by molar-refractivity contribution is -0.130. The molecule has 2 aromatic rings. The number of hydrogen-bond donors (Lipinski definition) is 1. The Morgan fingerprint density at radius 2 is 1.64 bits per heavy atom. The molecule has 5 nitrogen and oxygen atoms in total. The van der Waals surface area contributed by atoms with E-state index in [4.69, 9.17) is 0 Å². The van der Waals surface area contributed by atoms with Gasteiger partial charge in [0.05, 0.1) is 13.1 Å². The first kappa shape index (κ1) is 16.0. The zero-order chi connectivity index (χ0) is 16.1. The van der Waals surface area contributed by atoms with E-state index in [1.165, 1.54) is 4.90 Å². The SMILES string of the molecule is CN(CC(=O)Nc1ccc2ccccc2c1)CC(=O)N(C)C. The smallest absolute Gasteiger partial charge is 0.238 e. The second-order valence-electron chi connectivity index (χ2n) is 5.57. The van der Waals surface area contributed by atoms with Gasteiger partial charge in [-0.1, -0.05) is 30.3 Å². The van der Waals surface area contributed by atoms with Gasteiger partial charge in [0.25, 0.3) is 0 Å². The third kappa shape index (κ3) is 4.30. The molecule has 0 atom stereocenters. The van der Waals surface area contributed by atoms with E-state index >= 15 is 0 Å². The summed E-state index contributed by atoms with van der Waals surface area (Å²) in [5.74, 6) is -0.162. The molecule has 0 saturated heterocycles. The predicted molar refractivity (Wildman–Crippen MR) is 88.8 cm³/mol. The average molecular weight is 299 g/mol. The summed E-state index contributed by atoms with van der Waals surface area (Å²) in [6, 6.07) is 13.8. The number of nitrogens with one attached hydrogen (secondary N) is 1. The summed E-state index contributed by atoms with van der Waals surface area (Å²) in [7, 11) is 5.15. The molecule has 0 radical (unpaired) electrons. The van der Waals surface area contributed by atoms with Gasteiger partial charge < -0.3 is 10.2 Å². The highest BCUT2D eigenvalue weighted by molar-refractivity contribution is 5.95. The van der Waals surface area contributed by atoms with Gasteiger partial charge in [-0.2, -0.15) is 0 Å². The number of nitrogens with zero attached hydrogens (tertiary/aromatic N) is 2. The van der Waals surface area contributed by atoms with Crippen LogP contribution in [0.15, 0.2) is 42.5 Å². The van der Waals surface area contributed by atoms with Crippen LogP contribution in [-0.4, -0.2) is 55.8 Å². The Labute approximate surface area is 130 Å². The van der Waals surface area contributed by atoms with Crippen LogP contribution in [0, 0.1) is 0 Å². The monoisotopic (exact) mass is 299 g/mol. The van der Waals surface area contributed by atoms with Crippen molar-refractivity contribution < 1.29 is 9.59 Å². The van der Waals surface area contributed by atoms with E-state index in [1.54, 1.807) is 26.0 Å². The Kier molecular flexibility index (Phi) is 5.12. The Morgan fingerprint density at radius 3 is 2.32 bits per heavy atom. The zero-order valence-corrected chi connectivity index (χ0v) is 13.2. The molecular weight excluding hydrogens is 278 g/mol. The molecule has 0 bridgehead atoms. The molecular formula is C17H21N3O2. The van der Waals surface area contributed by atoms with Gasteiger partial charge in [0.2, 0.25) is 11.8 Å². The molecule has 0 spiro atoms. The molecule has 0 aliphatic carbocycles. The van der Waals surface area contributed by atoms with Crippen LogP contribution < -0.4 is 5.32 Å². The minimum Gasteiger partial charge on any atom is -0.348 e. The maximum Gasteiger partial charge on any atom is 0.238 e. The molecule has 0 unspecified atom stereocenters. The fourth-order valence-electron chi connectivity index (χ4n) is 2.14. The van der Waals surface area contributed by atoms with Crippen molar-refractivity contribution in [2.75, 3.05) is 39.5 Å². The van der Waals surface area contributed by atoms with E-state index in [2.05, 4.69) is 5.32 Å². The first-order valence-corrected chi connectivity index (χ1v) is 7.13. The Balaban J connectivity index is 1.94. The van der Waals surface area contributed by atoms with E-state index in [9.17, 15) is 9.59 Å². The fourth-order valence-corrected chi connectivity index (χ4v) is 2.14. The van der Waals surface area contributed by atoms with Crippen LogP contribution in [0.2, 0.25) is 0 Å². The van der Waals surface area contributed by atoms with Gasteiger partial charge in [-0.05, 0) is 30.0 Å². The van der Waals surface area contributed by atoms with Crippen molar-refractivity contribution in [2.24, 2.45) is 0 Å². The summed E-state index contributed by atoms with van der Waals surface area (Å²) >= 11 is 0. The lowest BCUT2D eigenvalue weighted by atomic mass is 10.1. The molecule has 0 fully saturated rings. The molecule has 2 aromatic carbocycles. The number of anilines is 1. The van der Waals surface area contributed by atoms with Gasteiger partial charge in [0, 0.05) is 19.8 Å². The number of carbonyl (C=O) groups is 2. The Morgan fingerprint density at radius 1 is 0.955 bits per heavy atom. The van der Waals surface area contributed by atoms with E-state index in [1.807, 2.05) is 42.5 Å². The largest absolute Gasteiger partial charge is 0.348 e. The highest BCUT2D eigenvalue weighted by Crippen LogP contribution is 2.18. The van der Waals surface area contributed by atoms with Crippen LogP contribution in [0.3, 0.4) is 0 Å². The summed E-state index contributed by atoms with van der Waals surface area (Å²) in [5, 5.41) is 5.08. The molecule has 22 heavy (non-hydrogen) atoms. The summed E-state index contributed by atoms with van der Waals surface area (Å²) < 4.78 is 0. The van der Waals surface area contributed by atoms with Crippen LogP contribution >= 0.6 is 0 Å². The average Bonchev–Trinajstić information content (AvgIpc) is 2.46. The lowest BCUT2D eigenvalue weighted by Crippen LogP contribution is -2.38. The summed E-state index contributed by atoms with van der Waals surface area (Å²) in [6.45, 7) is 0.393. The topological polar surface area (TPSA) is 52.7 Å². The number of benzene rings is 2. The second-order valence-corrected chi connectivity index (χ2v) is 5.57. The van der Waals surface area contributed by atoms with Crippen LogP contribution in [0.4, 0.5) is 5.69 Å².